The van der Waals surface area contributed by atoms with Crippen LogP contribution in [0.15, 0.2) is 12.7 Å². The largest absolute Gasteiger partial charge is 0.377 e. The normalized spacial score (nSPS) is 17.9. The molecular weight excluding hydrogens is 186 g/mol. The zero-order chi connectivity index (χ0) is 10.8. The maximum Gasteiger partial charge on any atom is 0.0594 e. The number of ether oxygens (including phenoxy) is 1. The van der Waals surface area contributed by atoms with Crippen molar-refractivity contribution in [1.29, 1.82) is 0 Å². The van der Waals surface area contributed by atoms with Crippen LogP contribution >= 0.6 is 0 Å². The second-order valence-corrected chi connectivity index (χ2v) is 4.31. The second-order valence-electron chi connectivity index (χ2n) is 4.31. The maximum atomic E-state index is 5.81. The van der Waals surface area contributed by atoms with Crippen molar-refractivity contribution in [2.24, 2.45) is 0 Å². The van der Waals surface area contributed by atoms with Gasteiger partial charge in [0.1, 0.15) is 0 Å². The molecule has 1 fully saturated rings. The zero-order valence-corrected chi connectivity index (χ0v) is 9.84. The first-order chi connectivity index (χ1) is 7.43. The molecule has 1 aliphatic rings. The summed E-state index contributed by atoms with van der Waals surface area (Å²) in [5.41, 5.74) is 0. The van der Waals surface area contributed by atoms with Crippen LogP contribution in [0.4, 0.5) is 0 Å². The lowest BCUT2D eigenvalue weighted by Crippen LogP contribution is -2.25. The molecule has 2 heteroatoms. The van der Waals surface area contributed by atoms with Crippen molar-refractivity contribution in [3.8, 4) is 0 Å². The molecule has 0 saturated heterocycles. The number of allylic oxidation sites excluding steroid dienone is 1. The van der Waals surface area contributed by atoms with Crippen LogP contribution in [0.5, 0.6) is 0 Å². The molecule has 0 amide bonds. The lowest BCUT2D eigenvalue weighted by atomic mass is 9.98. The third-order valence-electron chi connectivity index (χ3n) is 2.95. The minimum atomic E-state index is 0.550. The maximum absolute atomic E-state index is 5.81. The summed E-state index contributed by atoms with van der Waals surface area (Å²) in [5, 5.41) is 3.39. The fourth-order valence-electron chi connectivity index (χ4n) is 2.03. The second kappa shape index (κ2) is 8.93. The molecule has 1 rings (SSSR count). The molecule has 0 spiro atoms. The summed E-state index contributed by atoms with van der Waals surface area (Å²) in [6.07, 6.45) is 11.5. The van der Waals surface area contributed by atoms with Gasteiger partial charge in [0.25, 0.3) is 0 Å². The number of hydrogen-bond donors (Lipinski definition) is 1. The summed E-state index contributed by atoms with van der Waals surface area (Å²) in [6.45, 7) is 6.65. The van der Waals surface area contributed by atoms with Crippen LogP contribution in [0.25, 0.3) is 0 Å². The number of nitrogens with one attached hydrogen (secondary N) is 1. The van der Waals surface area contributed by atoms with Gasteiger partial charge in [0.2, 0.25) is 0 Å². The van der Waals surface area contributed by atoms with E-state index >= 15 is 0 Å². The molecule has 0 unspecified atom stereocenters. The topological polar surface area (TPSA) is 21.3 Å². The van der Waals surface area contributed by atoms with Crippen molar-refractivity contribution >= 4 is 0 Å². The summed E-state index contributed by atoms with van der Waals surface area (Å²) in [4.78, 5) is 0. The first-order valence-electron chi connectivity index (χ1n) is 6.36. The van der Waals surface area contributed by atoms with Crippen LogP contribution in [-0.2, 0) is 4.74 Å². The van der Waals surface area contributed by atoms with E-state index in [-0.39, 0.29) is 0 Å². The van der Waals surface area contributed by atoms with E-state index in [1.165, 1.54) is 38.5 Å². The van der Waals surface area contributed by atoms with E-state index in [0.717, 1.165) is 26.1 Å². The molecule has 1 N–H and O–H groups in total. The monoisotopic (exact) mass is 211 g/mol. The number of rotatable bonds is 8. The van der Waals surface area contributed by atoms with Crippen molar-refractivity contribution in [2.45, 2.75) is 51.0 Å². The third kappa shape index (κ3) is 6.69. The van der Waals surface area contributed by atoms with Crippen LogP contribution in [0.2, 0.25) is 0 Å². The summed E-state index contributed by atoms with van der Waals surface area (Å²) in [5.74, 6) is 0. The van der Waals surface area contributed by atoms with E-state index in [1.54, 1.807) is 0 Å². The van der Waals surface area contributed by atoms with Crippen molar-refractivity contribution in [1.82, 2.24) is 5.32 Å². The van der Waals surface area contributed by atoms with Gasteiger partial charge in [0.05, 0.1) is 12.7 Å². The van der Waals surface area contributed by atoms with Gasteiger partial charge in [-0.05, 0) is 32.2 Å². The summed E-state index contributed by atoms with van der Waals surface area (Å²) >= 11 is 0. The molecule has 0 aliphatic heterocycles. The van der Waals surface area contributed by atoms with Gasteiger partial charge in [-0.15, -0.1) is 6.58 Å². The predicted molar refractivity (Wildman–Crippen MR) is 65.1 cm³/mol. The minimum absolute atomic E-state index is 0.550. The molecule has 2 nitrogen and oxygen atoms in total. The van der Waals surface area contributed by atoms with Crippen molar-refractivity contribution in [3.05, 3.63) is 12.7 Å². The highest BCUT2D eigenvalue weighted by Gasteiger charge is 2.12. The molecule has 0 heterocycles. The standard InChI is InChI=1S/C13H25NO/c1-2-3-7-10-14-11-12-15-13-8-5-4-6-9-13/h2,13-14H,1,3-12H2. The van der Waals surface area contributed by atoms with Gasteiger partial charge in [-0.25, -0.2) is 0 Å². The molecule has 0 aromatic carbocycles. The molecule has 0 radical (unpaired) electrons. The molecule has 88 valence electrons. The highest BCUT2D eigenvalue weighted by molar-refractivity contribution is 4.67. The first kappa shape index (κ1) is 12.7. The molecule has 0 bridgehead atoms. The van der Waals surface area contributed by atoms with Gasteiger partial charge in [-0.2, -0.15) is 0 Å². The third-order valence-corrected chi connectivity index (χ3v) is 2.95. The van der Waals surface area contributed by atoms with Crippen molar-refractivity contribution in [3.63, 3.8) is 0 Å². The molecule has 0 atom stereocenters. The van der Waals surface area contributed by atoms with E-state index in [2.05, 4.69) is 11.9 Å². The quantitative estimate of drug-likeness (QED) is 0.492. The summed E-state index contributed by atoms with van der Waals surface area (Å²) < 4.78 is 5.81. The smallest absolute Gasteiger partial charge is 0.0594 e. The Hall–Kier alpha value is -0.340. The van der Waals surface area contributed by atoms with E-state index < -0.39 is 0 Å². The Morgan fingerprint density at radius 1 is 1.20 bits per heavy atom. The van der Waals surface area contributed by atoms with Crippen LogP contribution < -0.4 is 5.32 Å². The molecular formula is C13H25NO. The Kier molecular flexibility index (Phi) is 7.58. The van der Waals surface area contributed by atoms with E-state index in [0.29, 0.717) is 6.10 Å². The Labute approximate surface area is 94.1 Å². The van der Waals surface area contributed by atoms with Gasteiger partial charge in [-0.3, -0.25) is 0 Å². The Morgan fingerprint density at radius 3 is 2.73 bits per heavy atom. The molecule has 1 saturated carbocycles. The Bertz CT molecular complexity index is 153. The molecule has 0 aromatic heterocycles. The highest BCUT2D eigenvalue weighted by atomic mass is 16.5. The van der Waals surface area contributed by atoms with Crippen molar-refractivity contribution < 1.29 is 4.74 Å². The van der Waals surface area contributed by atoms with Crippen LogP contribution in [0.3, 0.4) is 0 Å². The molecule has 0 aromatic rings. The fourth-order valence-corrected chi connectivity index (χ4v) is 2.03. The predicted octanol–water partition coefficient (Wildman–Crippen LogP) is 2.89. The number of unbranched alkanes of at least 4 members (excludes halogenated alkanes) is 1. The Morgan fingerprint density at radius 2 is 2.00 bits per heavy atom. The van der Waals surface area contributed by atoms with Crippen molar-refractivity contribution in [2.75, 3.05) is 19.7 Å². The molecule has 1 aliphatic carbocycles. The lowest BCUT2D eigenvalue weighted by molar-refractivity contribution is 0.0304. The van der Waals surface area contributed by atoms with Gasteiger partial charge < -0.3 is 10.1 Å². The van der Waals surface area contributed by atoms with Crippen LogP contribution in [0, 0.1) is 0 Å². The first-order valence-corrected chi connectivity index (χ1v) is 6.36. The fraction of sp³-hybridized carbons (Fsp3) is 0.846. The zero-order valence-electron chi connectivity index (χ0n) is 9.84. The highest BCUT2D eigenvalue weighted by Crippen LogP contribution is 2.19. The summed E-state index contributed by atoms with van der Waals surface area (Å²) in [6, 6.07) is 0. The van der Waals surface area contributed by atoms with Gasteiger partial charge in [0.15, 0.2) is 0 Å². The average molecular weight is 211 g/mol. The summed E-state index contributed by atoms with van der Waals surface area (Å²) in [7, 11) is 0. The van der Waals surface area contributed by atoms with Gasteiger partial charge in [-0.1, -0.05) is 25.3 Å². The minimum Gasteiger partial charge on any atom is -0.377 e. The lowest BCUT2D eigenvalue weighted by Gasteiger charge is -2.21. The van der Waals surface area contributed by atoms with Crippen LogP contribution in [0.1, 0.15) is 44.9 Å². The average Bonchev–Trinajstić information content (AvgIpc) is 2.29. The van der Waals surface area contributed by atoms with E-state index in [4.69, 9.17) is 4.74 Å². The van der Waals surface area contributed by atoms with Gasteiger partial charge in [0, 0.05) is 6.54 Å². The van der Waals surface area contributed by atoms with Gasteiger partial charge >= 0.3 is 0 Å². The SMILES string of the molecule is C=CCCCNCCOC1CCCCC1. The van der Waals surface area contributed by atoms with Crippen LogP contribution in [-0.4, -0.2) is 25.8 Å². The number of hydrogen-bond acceptors (Lipinski definition) is 2. The van der Waals surface area contributed by atoms with E-state index in [9.17, 15) is 0 Å². The molecule has 15 heavy (non-hydrogen) atoms. The van der Waals surface area contributed by atoms with E-state index in [1.807, 2.05) is 6.08 Å². The Balaban J connectivity index is 1.81.